The van der Waals surface area contributed by atoms with Gasteiger partial charge in [0.2, 0.25) is 23.6 Å². The van der Waals surface area contributed by atoms with Crippen molar-refractivity contribution < 1.29 is 24.3 Å². The second-order valence-corrected chi connectivity index (χ2v) is 17.8. The number of aromatic nitrogens is 4. The SMILES string of the molecule is Cn1c(=O)n(C2CCC(=O)NC2=O)c2cccc(N3CCC(C(=O)N4C[C@@H]5C(C(=O)NCC6(c7ccccc7)CCN(c7cnnc(-c8ccccc8O)c7)CC6)[C@@H]5C4)CC3)c21. The highest BCUT2D eigenvalue weighted by molar-refractivity contribution is 6.00. The Bertz CT molecular complexity index is 2620. The van der Waals surface area contributed by atoms with Gasteiger partial charge in [0.25, 0.3) is 0 Å². The first-order valence-corrected chi connectivity index (χ1v) is 21.9. The van der Waals surface area contributed by atoms with Crippen molar-refractivity contribution in [1.29, 1.82) is 0 Å². The first kappa shape index (κ1) is 39.6. The molecule has 15 nitrogen and oxygen atoms in total. The zero-order valence-corrected chi connectivity index (χ0v) is 34.8. The van der Waals surface area contributed by atoms with Crippen LogP contribution in [0.5, 0.6) is 5.75 Å². The van der Waals surface area contributed by atoms with E-state index < -0.39 is 11.9 Å². The Labute approximate surface area is 358 Å². The molecule has 0 bridgehead atoms. The number of phenols is 1. The van der Waals surface area contributed by atoms with Crippen molar-refractivity contribution in [2.24, 2.45) is 30.7 Å². The summed E-state index contributed by atoms with van der Waals surface area (Å²) in [6.45, 7) is 4.61. The van der Waals surface area contributed by atoms with Crippen molar-refractivity contribution in [2.45, 2.75) is 50.0 Å². The molecular weight excluding hydrogens is 787 g/mol. The van der Waals surface area contributed by atoms with Crippen molar-refractivity contribution in [2.75, 3.05) is 55.6 Å². The number of phenolic OH excluding ortho intramolecular Hbond substituents is 1. The minimum absolute atomic E-state index is 0.0795. The Morgan fingerprint density at radius 2 is 1.60 bits per heavy atom. The lowest BCUT2D eigenvalue weighted by molar-refractivity contribution is -0.137. The number of nitrogens with zero attached hydrogens (tertiary/aromatic N) is 7. The maximum atomic E-state index is 13.9. The summed E-state index contributed by atoms with van der Waals surface area (Å²) in [7, 11) is 1.71. The largest absolute Gasteiger partial charge is 0.507 e. The fraction of sp³-hybridized carbons (Fsp3) is 0.426. The third-order valence-corrected chi connectivity index (χ3v) is 14.5. The van der Waals surface area contributed by atoms with Crippen LogP contribution < -0.4 is 26.1 Å². The monoisotopic (exact) mass is 837 g/mol. The van der Waals surface area contributed by atoms with Crippen LogP contribution in [0.2, 0.25) is 0 Å². The Hall–Kier alpha value is -6.51. The van der Waals surface area contributed by atoms with E-state index in [9.17, 15) is 29.1 Å². The molecule has 5 aromatic rings. The number of imidazole rings is 1. The number of imide groups is 1. The molecule has 2 unspecified atom stereocenters. The van der Waals surface area contributed by atoms with Crippen LogP contribution >= 0.6 is 0 Å². The fourth-order valence-corrected chi connectivity index (χ4v) is 10.9. The Balaban J connectivity index is 0.740. The topological polar surface area (TPSA) is 175 Å². The van der Waals surface area contributed by atoms with E-state index in [-0.39, 0.29) is 71.1 Å². The lowest BCUT2D eigenvalue weighted by Gasteiger charge is -2.43. The number of piperidine rings is 4. The number of aryl methyl sites for hydroxylation is 1. The predicted octanol–water partition coefficient (Wildman–Crippen LogP) is 3.76. The number of anilines is 2. The van der Waals surface area contributed by atoms with E-state index >= 15 is 0 Å². The minimum atomic E-state index is -0.751. The quantitative estimate of drug-likeness (QED) is 0.186. The van der Waals surface area contributed by atoms with Crippen molar-refractivity contribution in [3.05, 3.63) is 101 Å². The molecule has 0 spiro atoms. The van der Waals surface area contributed by atoms with Gasteiger partial charge in [-0.2, -0.15) is 10.2 Å². The second-order valence-electron chi connectivity index (χ2n) is 17.8. The van der Waals surface area contributed by atoms with E-state index in [1.54, 1.807) is 29.9 Å². The highest BCUT2D eigenvalue weighted by atomic mass is 16.3. The average molecular weight is 838 g/mol. The zero-order valence-electron chi connectivity index (χ0n) is 34.8. The molecule has 3 N–H and O–H groups in total. The summed E-state index contributed by atoms with van der Waals surface area (Å²) in [5.74, 6) is -0.204. The number of hydrogen-bond donors (Lipinski definition) is 3. The van der Waals surface area contributed by atoms with Crippen molar-refractivity contribution >= 4 is 46.0 Å². The number of benzene rings is 3. The number of aromatic hydroxyl groups is 1. The fourth-order valence-electron chi connectivity index (χ4n) is 10.9. The third kappa shape index (κ3) is 6.96. The molecule has 1 aliphatic carbocycles. The van der Waals surface area contributed by atoms with Gasteiger partial charge >= 0.3 is 5.69 Å². The molecule has 2 aromatic heterocycles. The maximum absolute atomic E-state index is 13.9. The second kappa shape index (κ2) is 15.8. The zero-order chi connectivity index (χ0) is 42.7. The third-order valence-electron chi connectivity index (χ3n) is 14.5. The van der Waals surface area contributed by atoms with Crippen molar-refractivity contribution in [3.63, 3.8) is 0 Å². The summed E-state index contributed by atoms with van der Waals surface area (Å²) in [6.07, 6.45) is 5.27. The Morgan fingerprint density at radius 1 is 0.871 bits per heavy atom. The molecule has 4 saturated heterocycles. The lowest BCUT2D eigenvalue weighted by atomic mass is 9.72. The van der Waals surface area contributed by atoms with Gasteiger partial charge in [0.1, 0.15) is 11.8 Å². The number of likely N-dealkylation sites (tertiary alicyclic amines) is 1. The summed E-state index contributed by atoms with van der Waals surface area (Å²) < 4.78 is 3.09. The van der Waals surface area contributed by atoms with Crippen molar-refractivity contribution in [1.82, 2.24) is 34.9 Å². The molecule has 3 aromatic carbocycles. The molecule has 4 atom stereocenters. The van der Waals surface area contributed by atoms with Crippen molar-refractivity contribution in [3.8, 4) is 17.0 Å². The molecule has 4 amide bonds. The molecule has 320 valence electrons. The Kier molecular flexibility index (Phi) is 10.1. The summed E-state index contributed by atoms with van der Waals surface area (Å²) in [6, 6.07) is 24.5. The molecule has 5 fully saturated rings. The Morgan fingerprint density at radius 3 is 2.32 bits per heavy atom. The normalized spacial score (nSPS) is 23.6. The van der Waals surface area contributed by atoms with Crippen LogP contribution in [-0.2, 0) is 31.6 Å². The summed E-state index contributed by atoms with van der Waals surface area (Å²) >= 11 is 0. The van der Waals surface area contributed by atoms with Gasteiger partial charge in [-0.1, -0.05) is 48.5 Å². The summed E-state index contributed by atoms with van der Waals surface area (Å²) in [4.78, 5) is 72.2. The van der Waals surface area contributed by atoms with Gasteiger partial charge in [-0.05, 0) is 79.8 Å². The number of amides is 4. The standard InChI is InChI=1S/C47H51N9O6/c1-52-42-36(11-7-12-37(42)56(46(52)62)38-14-15-40(58)50-43(38)59)54-20-16-29(17-21-54)45(61)55-26-33-34(27-55)41(33)44(60)48-28-47(30-8-3-2-4-9-30)18-22-53(23-19-47)31-24-35(51-49-25-31)32-10-5-6-13-39(32)57/h2-13,24-25,29,33-34,38,41,57H,14-23,26-28H2,1H3,(H,48,60)(H,50,58,59)/t33-,34+,38?,41?. The van der Waals surface area contributed by atoms with Crippen LogP contribution in [0.15, 0.2) is 89.9 Å². The first-order valence-electron chi connectivity index (χ1n) is 21.9. The molecule has 62 heavy (non-hydrogen) atoms. The maximum Gasteiger partial charge on any atom is 0.329 e. The number of fused-ring (bicyclic) bond motifs is 2. The van der Waals surface area contributed by atoms with E-state index in [2.05, 4.69) is 54.9 Å². The minimum Gasteiger partial charge on any atom is -0.507 e. The number of para-hydroxylation sites is 2. The lowest BCUT2D eigenvalue weighted by Crippen LogP contribution is -2.49. The number of carbonyl (C=O) groups is 4. The van der Waals surface area contributed by atoms with Crippen LogP contribution in [0.4, 0.5) is 11.4 Å². The van der Waals surface area contributed by atoms with Gasteiger partial charge in [-0.25, -0.2) is 4.79 Å². The molecular formula is C47H51N9O6. The van der Waals surface area contributed by atoms with Gasteiger partial charge in [0.05, 0.1) is 34.3 Å². The highest BCUT2D eigenvalue weighted by Crippen LogP contribution is 2.52. The van der Waals surface area contributed by atoms with Gasteiger partial charge < -0.3 is 25.1 Å². The van der Waals surface area contributed by atoms with Crippen LogP contribution in [0, 0.1) is 23.7 Å². The molecule has 6 heterocycles. The molecule has 4 aliphatic heterocycles. The molecule has 15 heteroatoms. The van der Waals surface area contributed by atoms with E-state index in [1.165, 1.54) is 10.1 Å². The number of hydrogen-bond acceptors (Lipinski definition) is 10. The van der Waals surface area contributed by atoms with Gasteiger partial charge in [0.15, 0.2) is 0 Å². The molecule has 5 aliphatic rings. The van der Waals surface area contributed by atoms with Crippen LogP contribution in [0.3, 0.4) is 0 Å². The average Bonchev–Trinajstić information content (AvgIpc) is 3.68. The van der Waals surface area contributed by atoms with Crippen LogP contribution in [0.25, 0.3) is 22.3 Å². The number of rotatable bonds is 9. The summed E-state index contributed by atoms with van der Waals surface area (Å²) in [5, 5.41) is 24.7. The van der Waals surface area contributed by atoms with Crippen LogP contribution in [-0.4, -0.2) is 98.8 Å². The van der Waals surface area contributed by atoms with Crippen LogP contribution in [0.1, 0.15) is 50.1 Å². The number of nitrogens with one attached hydrogen (secondary N) is 2. The van der Waals surface area contributed by atoms with Gasteiger partial charge in [0, 0.05) is 82.1 Å². The van der Waals surface area contributed by atoms with E-state index in [4.69, 9.17) is 0 Å². The van der Waals surface area contributed by atoms with Gasteiger partial charge in [-0.3, -0.25) is 33.6 Å². The molecule has 10 rings (SSSR count). The molecule has 0 radical (unpaired) electrons. The number of carbonyl (C=O) groups excluding carboxylic acids is 4. The predicted molar refractivity (Wildman–Crippen MR) is 232 cm³/mol. The molecule has 1 saturated carbocycles. The first-order chi connectivity index (χ1) is 30.1. The highest BCUT2D eigenvalue weighted by Gasteiger charge is 2.60. The van der Waals surface area contributed by atoms with E-state index in [0.717, 1.165) is 42.8 Å². The smallest absolute Gasteiger partial charge is 0.329 e. The van der Waals surface area contributed by atoms with Gasteiger partial charge in [-0.15, -0.1) is 0 Å². The van der Waals surface area contributed by atoms with E-state index in [1.807, 2.05) is 47.4 Å². The van der Waals surface area contributed by atoms with E-state index in [0.29, 0.717) is 62.3 Å². The summed E-state index contributed by atoms with van der Waals surface area (Å²) in [5.41, 5.74) is 5.17.